The largest absolute Gasteiger partial charge is 0.497 e. The smallest absolute Gasteiger partial charge is 0.355 e. The van der Waals surface area contributed by atoms with Gasteiger partial charge in [0.1, 0.15) is 28.3 Å². The zero-order valence-electron chi connectivity index (χ0n) is 11.1. The van der Waals surface area contributed by atoms with E-state index in [0.717, 1.165) is 11.3 Å². The molecule has 1 amide bonds. The molecule has 3 rings (SSSR count). The Morgan fingerprint density at radius 1 is 1.38 bits per heavy atom. The molecular formula is C14H12BrNO4S. The van der Waals surface area contributed by atoms with Crippen LogP contribution < -0.4 is 4.74 Å². The fourth-order valence-electron chi connectivity index (χ4n) is 2.10. The molecule has 0 radical (unpaired) electrons. The molecule has 1 fully saturated rings. The highest BCUT2D eigenvalue weighted by atomic mass is 79.9. The van der Waals surface area contributed by atoms with Crippen molar-refractivity contribution in [1.82, 2.24) is 4.90 Å². The molecule has 7 heteroatoms. The zero-order chi connectivity index (χ0) is 15.0. The standard InChI is InChI=1S/C14H12BrNO4S/c1-19-9-4-2-8(3-5-9)6-20-14(18)10-7-21-13-11(15)12(17)16(10)13/h2-5,7,11,13H,6H2,1H3/t11?,13-/m1/s1. The Morgan fingerprint density at radius 2 is 2.10 bits per heavy atom. The van der Waals surface area contributed by atoms with E-state index in [1.165, 1.54) is 16.7 Å². The third-order valence-electron chi connectivity index (χ3n) is 3.29. The fraction of sp³-hybridized carbons (Fsp3) is 0.286. The lowest BCUT2D eigenvalue weighted by Gasteiger charge is -2.39. The van der Waals surface area contributed by atoms with Crippen molar-refractivity contribution < 1.29 is 19.1 Å². The number of hydrogen-bond donors (Lipinski definition) is 0. The van der Waals surface area contributed by atoms with Crippen LogP contribution >= 0.6 is 27.7 Å². The van der Waals surface area contributed by atoms with Crippen molar-refractivity contribution >= 4 is 39.6 Å². The van der Waals surface area contributed by atoms with Gasteiger partial charge in [-0.2, -0.15) is 0 Å². The molecule has 1 aromatic rings. The van der Waals surface area contributed by atoms with Gasteiger partial charge in [0.25, 0.3) is 0 Å². The quantitative estimate of drug-likeness (QED) is 0.462. The van der Waals surface area contributed by atoms with E-state index in [1.54, 1.807) is 24.7 Å². The average Bonchev–Trinajstić information content (AvgIpc) is 2.93. The molecule has 2 aliphatic heterocycles. The van der Waals surface area contributed by atoms with E-state index in [-0.39, 0.29) is 22.7 Å². The Morgan fingerprint density at radius 3 is 2.76 bits per heavy atom. The highest BCUT2D eigenvalue weighted by Crippen LogP contribution is 2.44. The van der Waals surface area contributed by atoms with Crippen LogP contribution in [0.15, 0.2) is 35.4 Å². The van der Waals surface area contributed by atoms with Crippen LogP contribution in [0.4, 0.5) is 0 Å². The molecule has 5 nitrogen and oxygen atoms in total. The van der Waals surface area contributed by atoms with Crippen molar-refractivity contribution in [3.63, 3.8) is 0 Å². The van der Waals surface area contributed by atoms with Gasteiger partial charge in [-0.15, -0.1) is 11.8 Å². The molecule has 2 heterocycles. The van der Waals surface area contributed by atoms with Gasteiger partial charge in [-0.05, 0) is 17.7 Å². The predicted molar refractivity (Wildman–Crippen MR) is 81.8 cm³/mol. The van der Waals surface area contributed by atoms with Gasteiger partial charge in [0.15, 0.2) is 0 Å². The summed E-state index contributed by atoms with van der Waals surface area (Å²) >= 11 is 4.73. The van der Waals surface area contributed by atoms with Gasteiger partial charge in [-0.25, -0.2) is 4.79 Å². The Bertz CT molecular complexity index is 616. The predicted octanol–water partition coefficient (Wildman–Crippen LogP) is 2.26. The highest BCUT2D eigenvalue weighted by molar-refractivity contribution is 9.10. The second-order valence-electron chi connectivity index (χ2n) is 4.56. The summed E-state index contributed by atoms with van der Waals surface area (Å²) < 4.78 is 10.3. The maximum absolute atomic E-state index is 12.0. The van der Waals surface area contributed by atoms with E-state index >= 15 is 0 Å². The Kier molecular flexibility index (Phi) is 3.95. The first kappa shape index (κ1) is 14.5. The summed E-state index contributed by atoms with van der Waals surface area (Å²) in [7, 11) is 1.59. The summed E-state index contributed by atoms with van der Waals surface area (Å²) in [5, 5.41) is 1.65. The normalized spacial score (nSPS) is 23.2. The van der Waals surface area contributed by atoms with Gasteiger partial charge in [0, 0.05) is 5.41 Å². The molecule has 0 saturated carbocycles. The van der Waals surface area contributed by atoms with Crippen molar-refractivity contribution in [2.24, 2.45) is 0 Å². The topological polar surface area (TPSA) is 55.8 Å². The number of alkyl halides is 1. The maximum atomic E-state index is 12.0. The lowest BCUT2D eigenvalue weighted by molar-refractivity contribution is -0.148. The third kappa shape index (κ3) is 2.55. The number of methoxy groups -OCH3 is 1. The number of esters is 1. The van der Waals surface area contributed by atoms with E-state index in [0.29, 0.717) is 5.70 Å². The van der Waals surface area contributed by atoms with Crippen LogP contribution in [-0.2, 0) is 20.9 Å². The molecule has 110 valence electrons. The summed E-state index contributed by atoms with van der Waals surface area (Å²) in [5.41, 5.74) is 1.18. The molecule has 0 N–H and O–H groups in total. The summed E-state index contributed by atoms with van der Waals surface area (Å²) in [6, 6.07) is 7.27. The number of nitrogens with zero attached hydrogens (tertiary/aromatic N) is 1. The molecule has 21 heavy (non-hydrogen) atoms. The molecule has 1 saturated heterocycles. The van der Waals surface area contributed by atoms with Crippen molar-refractivity contribution in [2.75, 3.05) is 7.11 Å². The van der Waals surface area contributed by atoms with Crippen LogP contribution in [0.5, 0.6) is 5.75 Å². The number of rotatable bonds is 4. The number of ether oxygens (including phenoxy) is 2. The van der Waals surface area contributed by atoms with Gasteiger partial charge in [0.05, 0.1) is 7.11 Å². The molecule has 1 unspecified atom stereocenters. The molecule has 0 aliphatic carbocycles. The number of thioether (sulfide) groups is 1. The lowest BCUT2D eigenvalue weighted by atomic mass is 10.2. The highest BCUT2D eigenvalue weighted by Gasteiger charge is 2.52. The molecule has 1 aromatic carbocycles. The number of halogens is 1. The summed E-state index contributed by atoms with van der Waals surface area (Å²) in [6.45, 7) is 0.162. The van der Waals surface area contributed by atoms with Crippen LogP contribution in [-0.4, -0.2) is 34.1 Å². The number of carbonyl (C=O) groups is 2. The first-order valence-corrected chi connectivity index (χ1v) is 8.10. The summed E-state index contributed by atoms with van der Waals surface area (Å²) in [4.78, 5) is 25.0. The minimum absolute atomic E-state index is 0.0268. The molecule has 2 atom stereocenters. The SMILES string of the molecule is COc1ccc(COC(=O)C2=CS[C@@H]3C(Br)C(=O)N23)cc1. The lowest BCUT2D eigenvalue weighted by Crippen LogP contribution is -2.58. The third-order valence-corrected chi connectivity index (χ3v) is 5.66. The minimum Gasteiger partial charge on any atom is -0.497 e. The number of benzene rings is 1. The van der Waals surface area contributed by atoms with Gasteiger partial charge >= 0.3 is 5.97 Å². The van der Waals surface area contributed by atoms with Gasteiger partial charge in [0.2, 0.25) is 5.91 Å². The van der Waals surface area contributed by atoms with Crippen molar-refractivity contribution in [3.05, 3.63) is 40.9 Å². The van der Waals surface area contributed by atoms with E-state index in [1.807, 2.05) is 12.1 Å². The first-order valence-electron chi connectivity index (χ1n) is 6.24. The van der Waals surface area contributed by atoms with Crippen molar-refractivity contribution in [3.8, 4) is 5.75 Å². The van der Waals surface area contributed by atoms with Crippen LogP contribution in [0, 0.1) is 0 Å². The molecule has 0 aromatic heterocycles. The van der Waals surface area contributed by atoms with Gasteiger partial charge in [-0.1, -0.05) is 28.1 Å². The Balaban J connectivity index is 1.58. The Labute approximate surface area is 134 Å². The summed E-state index contributed by atoms with van der Waals surface area (Å²) in [6.07, 6.45) is 0. The first-order chi connectivity index (χ1) is 10.1. The van der Waals surface area contributed by atoms with Gasteiger partial charge in [-0.3, -0.25) is 9.69 Å². The Hall–Kier alpha value is -1.47. The van der Waals surface area contributed by atoms with E-state index in [4.69, 9.17) is 9.47 Å². The molecule has 2 aliphatic rings. The average molecular weight is 370 g/mol. The number of amides is 1. The second kappa shape index (κ2) is 5.73. The number of fused-ring (bicyclic) bond motifs is 1. The molecular weight excluding hydrogens is 358 g/mol. The number of hydrogen-bond acceptors (Lipinski definition) is 5. The minimum atomic E-state index is -0.478. The van der Waals surface area contributed by atoms with Crippen LogP contribution in [0.1, 0.15) is 5.56 Å². The number of β-lactam (4-membered cyclic amide) rings is 1. The zero-order valence-corrected chi connectivity index (χ0v) is 13.5. The van der Waals surface area contributed by atoms with Crippen LogP contribution in [0.2, 0.25) is 0 Å². The maximum Gasteiger partial charge on any atom is 0.355 e. The van der Waals surface area contributed by atoms with E-state index in [9.17, 15) is 9.59 Å². The fourth-order valence-corrected chi connectivity index (χ4v) is 4.00. The monoisotopic (exact) mass is 369 g/mol. The van der Waals surface area contributed by atoms with Gasteiger partial charge < -0.3 is 9.47 Å². The van der Waals surface area contributed by atoms with Crippen molar-refractivity contribution in [1.29, 1.82) is 0 Å². The van der Waals surface area contributed by atoms with E-state index < -0.39 is 5.97 Å². The number of carbonyl (C=O) groups excluding carboxylic acids is 2. The molecule has 0 bridgehead atoms. The molecule has 0 spiro atoms. The van der Waals surface area contributed by atoms with Crippen LogP contribution in [0.25, 0.3) is 0 Å². The van der Waals surface area contributed by atoms with Crippen molar-refractivity contribution in [2.45, 2.75) is 16.8 Å². The summed E-state index contributed by atoms with van der Waals surface area (Å²) in [5.74, 6) is 0.170. The van der Waals surface area contributed by atoms with E-state index in [2.05, 4.69) is 15.9 Å². The van der Waals surface area contributed by atoms with Crippen LogP contribution in [0.3, 0.4) is 0 Å². The second-order valence-corrected chi connectivity index (χ2v) is 6.54.